The number of thioether (sulfide) groups is 1. The minimum Gasteiger partial charge on any atom is -0.338 e. The van der Waals surface area contributed by atoms with Crippen molar-refractivity contribution in [2.45, 2.75) is 23.6 Å². The van der Waals surface area contributed by atoms with Crippen molar-refractivity contribution in [3.63, 3.8) is 0 Å². The van der Waals surface area contributed by atoms with Crippen molar-refractivity contribution in [1.29, 1.82) is 0 Å². The van der Waals surface area contributed by atoms with Crippen molar-refractivity contribution in [2.75, 3.05) is 0 Å². The van der Waals surface area contributed by atoms with Crippen LogP contribution in [-0.2, 0) is 18.5 Å². The number of halogens is 3. The fourth-order valence-electron chi connectivity index (χ4n) is 3.32. The second-order valence-corrected chi connectivity index (χ2v) is 9.23. The molecule has 5 aromatic rings. The Kier molecular flexibility index (Phi) is 5.96. The number of aromatic nitrogens is 4. The highest BCUT2D eigenvalue weighted by molar-refractivity contribution is 7.98. The van der Waals surface area contributed by atoms with Crippen molar-refractivity contribution >= 4 is 34.0 Å². The molecule has 6 nitrogen and oxygen atoms in total. The number of fused-ring (bicyclic) bond motifs is 1. The first kappa shape index (κ1) is 22.4. The molecule has 0 aliphatic carbocycles. The number of hydrogen-bond donors (Lipinski definition) is 0. The molecule has 0 amide bonds. The lowest BCUT2D eigenvalue weighted by Gasteiger charge is -2.11. The van der Waals surface area contributed by atoms with Gasteiger partial charge in [-0.05, 0) is 35.7 Å². The summed E-state index contributed by atoms with van der Waals surface area (Å²) in [5.74, 6) is 0.694. The Hall–Kier alpha value is -3.44. The Balaban J connectivity index is 1.40. The van der Waals surface area contributed by atoms with E-state index in [0.717, 1.165) is 17.0 Å². The van der Waals surface area contributed by atoms with Gasteiger partial charge in [-0.1, -0.05) is 47.3 Å². The van der Waals surface area contributed by atoms with Gasteiger partial charge in [0.15, 0.2) is 5.16 Å². The van der Waals surface area contributed by atoms with Crippen molar-refractivity contribution in [1.82, 2.24) is 19.7 Å². The Morgan fingerprint density at radius 2 is 1.79 bits per heavy atom. The lowest BCUT2D eigenvalue weighted by atomic mass is 10.1. The van der Waals surface area contributed by atoms with Crippen LogP contribution < -0.4 is 5.56 Å². The van der Waals surface area contributed by atoms with Gasteiger partial charge in [-0.3, -0.25) is 9.36 Å². The van der Waals surface area contributed by atoms with Gasteiger partial charge in [-0.15, -0.1) is 11.3 Å². The summed E-state index contributed by atoms with van der Waals surface area (Å²) in [6.07, 6.45) is -4.41. The van der Waals surface area contributed by atoms with Gasteiger partial charge < -0.3 is 4.52 Å². The van der Waals surface area contributed by atoms with E-state index in [1.54, 1.807) is 34.1 Å². The normalized spacial score (nSPS) is 11.9. The van der Waals surface area contributed by atoms with Gasteiger partial charge >= 0.3 is 6.18 Å². The Morgan fingerprint density at radius 1 is 1.00 bits per heavy atom. The summed E-state index contributed by atoms with van der Waals surface area (Å²) in [4.78, 5) is 23.1. The zero-order valence-electron chi connectivity index (χ0n) is 17.3. The largest absolute Gasteiger partial charge is 0.416 e. The Morgan fingerprint density at radius 3 is 2.53 bits per heavy atom. The predicted octanol–water partition coefficient (Wildman–Crippen LogP) is 5.87. The molecule has 2 aromatic carbocycles. The zero-order valence-corrected chi connectivity index (χ0v) is 19.0. The second kappa shape index (κ2) is 9.07. The molecular weight excluding hydrogens is 485 g/mol. The number of nitrogens with zero attached hydrogens (tertiary/aromatic N) is 4. The van der Waals surface area contributed by atoms with Crippen LogP contribution in [0.2, 0.25) is 0 Å². The van der Waals surface area contributed by atoms with Crippen LogP contribution in [0, 0.1) is 0 Å². The average Bonchev–Trinajstić information content (AvgIpc) is 3.52. The summed E-state index contributed by atoms with van der Waals surface area (Å²) in [7, 11) is 0. The highest BCUT2D eigenvalue weighted by Gasteiger charge is 2.30. The lowest BCUT2D eigenvalue weighted by Crippen LogP contribution is -2.23. The maximum Gasteiger partial charge on any atom is 0.416 e. The summed E-state index contributed by atoms with van der Waals surface area (Å²) in [5, 5.41) is 6.86. The SMILES string of the molecule is O=c1c2ccccc2nc(SCc2nc(-c3ccc(C(F)(F)F)cc3)no2)n1Cc1cccs1. The van der Waals surface area contributed by atoms with Crippen LogP contribution in [0.4, 0.5) is 13.2 Å². The van der Waals surface area contributed by atoms with Crippen LogP contribution in [0.15, 0.2) is 80.5 Å². The molecule has 0 fully saturated rings. The molecule has 3 aromatic heterocycles. The molecular formula is C23H15F3N4O2S2. The fraction of sp³-hybridized carbons (Fsp3) is 0.130. The minimum atomic E-state index is -4.41. The fourth-order valence-corrected chi connectivity index (χ4v) is 4.85. The van der Waals surface area contributed by atoms with Gasteiger partial charge in [0.1, 0.15) is 0 Å². The molecule has 5 rings (SSSR count). The Bertz CT molecular complexity index is 1490. The molecule has 0 radical (unpaired) electrons. The van der Waals surface area contributed by atoms with E-state index in [-0.39, 0.29) is 23.0 Å². The van der Waals surface area contributed by atoms with E-state index in [2.05, 4.69) is 15.1 Å². The summed E-state index contributed by atoms with van der Waals surface area (Å²) >= 11 is 2.83. The molecule has 172 valence electrons. The second-order valence-electron chi connectivity index (χ2n) is 7.26. The summed E-state index contributed by atoms with van der Waals surface area (Å²) in [6, 6.07) is 15.6. The molecule has 0 aliphatic rings. The summed E-state index contributed by atoms with van der Waals surface area (Å²) in [5.41, 5.74) is 0.110. The van der Waals surface area contributed by atoms with Crippen LogP contribution in [0.25, 0.3) is 22.3 Å². The predicted molar refractivity (Wildman–Crippen MR) is 124 cm³/mol. The maximum atomic E-state index is 13.2. The van der Waals surface area contributed by atoms with Crippen molar-refractivity contribution in [2.24, 2.45) is 0 Å². The monoisotopic (exact) mass is 500 g/mol. The molecule has 0 bridgehead atoms. The molecule has 11 heteroatoms. The van der Waals surface area contributed by atoms with E-state index < -0.39 is 11.7 Å². The molecule has 0 saturated carbocycles. The van der Waals surface area contributed by atoms with Gasteiger partial charge in [-0.2, -0.15) is 18.2 Å². The molecule has 0 saturated heterocycles. The Labute approximate surface area is 199 Å². The number of hydrogen-bond acceptors (Lipinski definition) is 7. The topological polar surface area (TPSA) is 73.8 Å². The number of benzene rings is 2. The lowest BCUT2D eigenvalue weighted by molar-refractivity contribution is -0.137. The third-order valence-electron chi connectivity index (χ3n) is 4.98. The minimum absolute atomic E-state index is 0.141. The van der Waals surface area contributed by atoms with E-state index in [1.807, 2.05) is 23.6 Å². The van der Waals surface area contributed by atoms with Crippen LogP contribution in [0.3, 0.4) is 0 Å². The van der Waals surface area contributed by atoms with Crippen LogP contribution >= 0.6 is 23.1 Å². The first-order chi connectivity index (χ1) is 16.4. The molecule has 0 aliphatic heterocycles. The number of alkyl halides is 3. The highest BCUT2D eigenvalue weighted by Crippen LogP contribution is 2.31. The third kappa shape index (κ3) is 4.62. The summed E-state index contributed by atoms with van der Waals surface area (Å²) < 4.78 is 45.3. The van der Waals surface area contributed by atoms with Crippen molar-refractivity contribution < 1.29 is 17.7 Å². The molecule has 0 atom stereocenters. The molecule has 34 heavy (non-hydrogen) atoms. The first-order valence-corrected chi connectivity index (χ1v) is 11.9. The first-order valence-electron chi connectivity index (χ1n) is 10.0. The van der Waals surface area contributed by atoms with Gasteiger partial charge in [0.05, 0.1) is 28.8 Å². The van der Waals surface area contributed by atoms with Crippen LogP contribution in [0.1, 0.15) is 16.3 Å². The molecule has 0 N–H and O–H groups in total. The van der Waals surface area contributed by atoms with E-state index in [4.69, 9.17) is 4.52 Å². The van der Waals surface area contributed by atoms with E-state index in [0.29, 0.717) is 28.2 Å². The number of para-hydroxylation sites is 1. The zero-order chi connectivity index (χ0) is 23.7. The third-order valence-corrected chi connectivity index (χ3v) is 6.81. The van der Waals surface area contributed by atoms with Crippen LogP contribution in [-0.4, -0.2) is 19.7 Å². The number of rotatable bonds is 6. The van der Waals surface area contributed by atoms with Crippen molar-refractivity contribution in [3.8, 4) is 11.4 Å². The smallest absolute Gasteiger partial charge is 0.338 e. The van der Waals surface area contributed by atoms with Gasteiger partial charge in [0.25, 0.3) is 5.56 Å². The van der Waals surface area contributed by atoms with Gasteiger partial charge in [0.2, 0.25) is 11.7 Å². The van der Waals surface area contributed by atoms with E-state index >= 15 is 0 Å². The van der Waals surface area contributed by atoms with Crippen molar-refractivity contribution in [3.05, 3.63) is 92.7 Å². The van der Waals surface area contributed by atoms with E-state index in [1.165, 1.54) is 23.9 Å². The average molecular weight is 501 g/mol. The standard InChI is InChI=1S/C23H15F3N4O2S2/c24-23(25,26)15-9-7-14(8-10-15)20-28-19(32-29-20)13-34-22-27-18-6-2-1-5-17(18)21(31)30(22)12-16-4-3-11-33-16/h1-11H,12-13H2. The van der Waals surface area contributed by atoms with E-state index in [9.17, 15) is 18.0 Å². The highest BCUT2D eigenvalue weighted by atomic mass is 32.2. The summed E-state index contributed by atoms with van der Waals surface area (Å²) in [6.45, 7) is 0.386. The van der Waals surface area contributed by atoms with Gasteiger partial charge in [-0.25, -0.2) is 4.98 Å². The number of thiophene rings is 1. The molecule has 0 spiro atoms. The van der Waals surface area contributed by atoms with Gasteiger partial charge in [0, 0.05) is 10.4 Å². The van der Waals surface area contributed by atoms with Crippen LogP contribution in [0.5, 0.6) is 0 Å². The molecule has 0 unspecified atom stereocenters. The quantitative estimate of drug-likeness (QED) is 0.215. The maximum absolute atomic E-state index is 13.2. The molecule has 3 heterocycles.